The normalized spacial score (nSPS) is 11.8. The Morgan fingerprint density at radius 3 is 2.62 bits per heavy atom. The molecule has 1 aromatic carbocycles. The molecule has 116 valence electrons. The van der Waals surface area contributed by atoms with E-state index in [2.05, 4.69) is 0 Å². The van der Waals surface area contributed by atoms with Crippen molar-refractivity contribution in [2.24, 2.45) is 5.92 Å². The number of benzene rings is 1. The summed E-state index contributed by atoms with van der Waals surface area (Å²) in [7, 11) is 1.63. The van der Waals surface area contributed by atoms with Gasteiger partial charge in [0.2, 0.25) is 5.91 Å². The predicted molar refractivity (Wildman–Crippen MR) is 80.3 cm³/mol. The Bertz CT molecular complexity index is 487. The van der Waals surface area contributed by atoms with Gasteiger partial charge in [-0.3, -0.25) is 9.59 Å². The summed E-state index contributed by atoms with van der Waals surface area (Å²) >= 11 is 0. The first-order valence-electron chi connectivity index (χ1n) is 7.07. The Morgan fingerprint density at radius 2 is 2.00 bits per heavy atom. The van der Waals surface area contributed by atoms with E-state index in [0.717, 1.165) is 11.3 Å². The minimum atomic E-state index is -0.891. The summed E-state index contributed by atoms with van der Waals surface area (Å²) in [6.07, 6.45) is 0.966. The first-order chi connectivity index (χ1) is 9.91. The van der Waals surface area contributed by atoms with Gasteiger partial charge in [-0.05, 0) is 25.0 Å². The summed E-state index contributed by atoms with van der Waals surface area (Å²) < 4.78 is 5.62. The number of aryl methyl sites for hydroxylation is 1. The Morgan fingerprint density at radius 1 is 1.33 bits per heavy atom. The first kappa shape index (κ1) is 17.0. The molecule has 0 saturated carbocycles. The van der Waals surface area contributed by atoms with Crippen LogP contribution in [0.15, 0.2) is 24.3 Å². The molecule has 0 aliphatic rings. The molecule has 0 aliphatic heterocycles. The second kappa shape index (κ2) is 8.29. The molecule has 0 aromatic heterocycles. The zero-order valence-electron chi connectivity index (χ0n) is 12.8. The monoisotopic (exact) mass is 293 g/mol. The lowest BCUT2D eigenvalue weighted by Gasteiger charge is -2.19. The Balaban J connectivity index is 2.27. The smallest absolute Gasteiger partial charge is 0.308 e. The number of carboxylic acid groups (broad SMARTS) is 1. The molecule has 0 bridgehead atoms. The van der Waals surface area contributed by atoms with E-state index >= 15 is 0 Å². The van der Waals surface area contributed by atoms with Gasteiger partial charge in [-0.1, -0.05) is 25.1 Å². The van der Waals surface area contributed by atoms with Gasteiger partial charge in [0, 0.05) is 20.0 Å². The number of para-hydroxylation sites is 1. The van der Waals surface area contributed by atoms with Crippen LogP contribution in [0.5, 0.6) is 5.75 Å². The predicted octanol–water partition coefficient (Wildman–Crippen LogP) is 2.33. The van der Waals surface area contributed by atoms with E-state index in [-0.39, 0.29) is 12.5 Å². The molecular weight excluding hydrogens is 270 g/mol. The highest BCUT2D eigenvalue weighted by Gasteiger charge is 2.16. The fourth-order valence-corrected chi connectivity index (χ4v) is 1.91. The van der Waals surface area contributed by atoms with Crippen LogP contribution in [0.3, 0.4) is 0 Å². The lowest BCUT2D eigenvalue weighted by atomic mass is 10.1. The Labute approximate surface area is 125 Å². The summed E-state index contributed by atoms with van der Waals surface area (Å²) in [4.78, 5) is 24.1. The summed E-state index contributed by atoms with van der Waals surface area (Å²) in [6, 6.07) is 7.73. The number of carboxylic acids is 1. The van der Waals surface area contributed by atoms with Crippen molar-refractivity contribution in [2.45, 2.75) is 26.7 Å². The molecule has 5 heteroatoms. The second-order valence-corrected chi connectivity index (χ2v) is 5.23. The molecule has 0 aliphatic carbocycles. The number of carbonyl (C=O) groups is 2. The van der Waals surface area contributed by atoms with Crippen LogP contribution in [0.1, 0.15) is 25.3 Å². The fraction of sp³-hybridized carbons (Fsp3) is 0.500. The molecule has 0 radical (unpaired) electrons. The van der Waals surface area contributed by atoms with Crippen molar-refractivity contribution < 1.29 is 19.4 Å². The number of hydrogen-bond donors (Lipinski definition) is 1. The molecule has 1 atom stereocenters. The zero-order chi connectivity index (χ0) is 15.8. The number of hydrogen-bond acceptors (Lipinski definition) is 3. The van der Waals surface area contributed by atoms with Gasteiger partial charge in [-0.2, -0.15) is 0 Å². The summed E-state index contributed by atoms with van der Waals surface area (Å²) in [6.45, 7) is 4.26. The maximum absolute atomic E-state index is 11.9. The number of amides is 1. The first-order valence-corrected chi connectivity index (χ1v) is 7.07. The van der Waals surface area contributed by atoms with Crippen molar-refractivity contribution in [3.8, 4) is 5.75 Å². The third kappa shape index (κ3) is 5.85. The molecule has 0 saturated heterocycles. The maximum Gasteiger partial charge on any atom is 0.308 e. The van der Waals surface area contributed by atoms with Crippen LogP contribution in [0, 0.1) is 12.8 Å². The van der Waals surface area contributed by atoms with E-state index in [9.17, 15) is 9.59 Å². The van der Waals surface area contributed by atoms with Crippen molar-refractivity contribution in [1.82, 2.24) is 4.90 Å². The summed E-state index contributed by atoms with van der Waals surface area (Å²) in [5.74, 6) is -0.672. The van der Waals surface area contributed by atoms with Gasteiger partial charge in [-0.25, -0.2) is 0 Å². The van der Waals surface area contributed by atoms with Crippen LogP contribution >= 0.6 is 0 Å². The number of carbonyl (C=O) groups excluding carboxylic acids is 1. The Hall–Kier alpha value is -2.04. The van der Waals surface area contributed by atoms with Crippen LogP contribution in [0.25, 0.3) is 0 Å². The highest BCUT2D eigenvalue weighted by atomic mass is 16.5. The van der Waals surface area contributed by atoms with Gasteiger partial charge in [0.05, 0.1) is 12.5 Å². The average Bonchev–Trinajstić information content (AvgIpc) is 2.44. The molecule has 21 heavy (non-hydrogen) atoms. The minimum Gasteiger partial charge on any atom is -0.493 e. The maximum atomic E-state index is 11.9. The second-order valence-electron chi connectivity index (χ2n) is 5.23. The van der Waals surface area contributed by atoms with E-state index in [0.29, 0.717) is 19.4 Å². The standard InChI is InChI=1S/C16H23NO4/c1-12-7-4-5-8-14(12)21-10-6-9-15(18)17(3)11-13(2)16(19)20/h4-5,7-8,13H,6,9-11H2,1-3H3,(H,19,20). The molecule has 1 amide bonds. The molecule has 5 nitrogen and oxygen atoms in total. The van der Waals surface area contributed by atoms with Crippen LogP contribution in [-0.4, -0.2) is 42.1 Å². The van der Waals surface area contributed by atoms with Gasteiger partial charge in [0.15, 0.2) is 0 Å². The number of ether oxygens (including phenoxy) is 1. The third-order valence-electron chi connectivity index (χ3n) is 3.28. The largest absolute Gasteiger partial charge is 0.493 e. The van der Waals surface area contributed by atoms with Crippen molar-refractivity contribution in [3.05, 3.63) is 29.8 Å². The number of rotatable bonds is 8. The van der Waals surface area contributed by atoms with Crippen LogP contribution in [-0.2, 0) is 9.59 Å². The SMILES string of the molecule is Cc1ccccc1OCCCC(=O)N(C)CC(C)C(=O)O. The van der Waals surface area contributed by atoms with Gasteiger partial charge in [0.1, 0.15) is 5.75 Å². The fourth-order valence-electron chi connectivity index (χ4n) is 1.91. The lowest BCUT2D eigenvalue weighted by molar-refractivity contribution is -0.142. The quantitative estimate of drug-likeness (QED) is 0.747. The van der Waals surface area contributed by atoms with Crippen LogP contribution in [0.2, 0.25) is 0 Å². The Kier molecular flexibility index (Phi) is 6.72. The van der Waals surface area contributed by atoms with Crippen molar-refractivity contribution in [2.75, 3.05) is 20.2 Å². The number of nitrogens with zero attached hydrogens (tertiary/aromatic N) is 1. The lowest BCUT2D eigenvalue weighted by Crippen LogP contribution is -2.33. The molecule has 1 unspecified atom stereocenters. The molecular formula is C16H23NO4. The van der Waals surface area contributed by atoms with E-state index in [1.807, 2.05) is 31.2 Å². The number of aliphatic carboxylic acids is 1. The molecule has 0 heterocycles. The van der Waals surface area contributed by atoms with Crippen molar-refractivity contribution in [3.63, 3.8) is 0 Å². The topological polar surface area (TPSA) is 66.8 Å². The van der Waals surface area contributed by atoms with Gasteiger partial charge in [-0.15, -0.1) is 0 Å². The highest BCUT2D eigenvalue weighted by molar-refractivity contribution is 5.77. The zero-order valence-corrected chi connectivity index (χ0v) is 12.8. The minimum absolute atomic E-state index is 0.0588. The molecule has 1 N–H and O–H groups in total. The summed E-state index contributed by atoms with van der Waals surface area (Å²) in [5, 5.41) is 8.82. The molecule has 1 rings (SSSR count). The average molecular weight is 293 g/mol. The van der Waals surface area contributed by atoms with E-state index in [1.54, 1.807) is 14.0 Å². The van der Waals surface area contributed by atoms with Gasteiger partial charge < -0.3 is 14.7 Å². The molecule has 1 aromatic rings. The molecule has 0 fully saturated rings. The highest BCUT2D eigenvalue weighted by Crippen LogP contribution is 2.16. The van der Waals surface area contributed by atoms with E-state index < -0.39 is 11.9 Å². The van der Waals surface area contributed by atoms with Crippen molar-refractivity contribution >= 4 is 11.9 Å². The van der Waals surface area contributed by atoms with Gasteiger partial charge in [0.25, 0.3) is 0 Å². The summed E-state index contributed by atoms with van der Waals surface area (Å²) in [5.41, 5.74) is 1.07. The third-order valence-corrected chi connectivity index (χ3v) is 3.28. The van der Waals surface area contributed by atoms with Crippen LogP contribution in [0.4, 0.5) is 0 Å². The van der Waals surface area contributed by atoms with E-state index in [4.69, 9.17) is 9.84 Å². The van der Waals surface area contributed by atoms with E-state index in [1.165, 1.54) is 4.90 Å². The van der Waals surface area contributed by atoms with Crippen LogP contribution < -0.4 is 4.74 Å². The van der Waals surface area contributed by atoms with Crippen molar-refractivity contribution in [1.29, 1.82) is 0 Å². The van der Waals surface area contributed by atoms with Gasteiger partial charge >= 0.3 is 5.97 Å². The molecule has 0 spiro atoms.